The van der Waals surface area contributed by atoms with E-state index in [2.05, 4.69) is 20.1 Å². The number of hydrogen-bond acceptors (Lipinski definition) is 5. The molecule has 0 amide bonds. The maximum Gasteiger partial charge on any atom is 0.141 e. The predicted molar refractivity (Wildman–Crippen MR) is 94.1 cm³/mol. The van der Waals surface area contributed by atoms with Gasteiger partial charge in [-0.1, -0.05) is 11.2 Å². The monoisotopic (exact) mass is 334 g/mol. The molecule has 0 aliphatic rings. The van der Waals surface area contributed by atoms with E-state index in [-0.39, 0.29) is 0 Å². The van der Waals surface area contributed by atoms with Crippen molar-refractivity contribution in [3.8, 4) is 11.1 Å². The van der Waals surface area contributed by atoms with Crippen molar-refractivity contribution in [1.82, 2.24) is 20.1 Å². The minimum Gasteiger partial charge on any atom is -0.384 e. The first-order chi connectivity index (χ1) is 12.1. The van der Waals surface area contributed by atoms with Crippen molar-refractivity contribution >= 4 is 11.0 Å². The Morgan fingerprint density at radius 1 is 1.20 bits per heavy atom. The molecule has 0 spiro atoms. The van der Waals surface area contributed by atoms with E-state index in [1.807, 2.05) is 39.0 Å². The van der Waals surface area contributed by atoms with Crippen LogP contribution in [0.1, 0.15) is 34.4 Å². The molecule has 6 heteroatoms. The van der Waals surface area contributed by atoms with Crippen molar-refractivity contribution in [2.75, 3.05) is 0 Å². The van der Waals surface area contributed by atoms with Crippen LogP contribution in [0.5, 0.6) is 0 Å². The average molecular weight is 334 g/mol. The van der Waals surface area contributed by atoms with E-state index in [0.29, 0.717) is 0 Å². The number of aliphatic hydroxyl groups is 1. The van der Waals surface area contributed by atoms with Crippen molar-refractivity contribution in [1.29, 1.82) is 0 Å². The van der Waals surface area contributed by atoms with Gasteiger partial charge in [0, 0.05) is 51.9 Å². The lowest BCUT2D eigenvalue weighted by atomic mass is 9.98. The Hall–Kier alpha value is -2.99. The van der Waals surface area contributed by atoms with E-state index in [1.165, 1.54) is 0 Å². The van der Waals surface area contributed by atoms with Gasteiger partial charge in [-0.15, -0.1) is 0 Å². The molecular weight excluding hydrogens is 316 g/mol. The molecule has 4 heterocycles. The van der Waals surface area contributed by atoms with Crippen LogP contribution in [0.2, 0.25) is 0 Å². The van der Waals surface area contributed by atoms with Gasteiger partial charge in [0.05, 0.1) is 5.69 Å². The lowest BCUT2D eigenvalue weighted by Gasteiger charge is -2.11. The topological polar surface area (TPSA) is 87.8 Å². The van der Waals surface area contributed by atoms with E-state index in [0.717, 1.165) is 50.4 Å². The normalized spacial score (nSPS) is 12.6. The number of nitrogens with one attached hydrogen (secondary N) is 1. The zero-order valence-corrected chi connectivity index (χ0v) is 14.2. The maximum absolute atomic E-state index is 10.9. The SMILES string of the molecule is Cc1noc(C)c1-c1cnc2[nH]c(C)c(C(O)c3cccnc3)c2c1. The van der Waals surface area contributed by atoms with Crippen molar-refractivity contribution in [2.45, 2.75) is 26.9 Å². The Morgan fingerprint density at radius 2 is 2.04 bits per heavy atom. The van der Waals surface area contributed by atoms with E-state index in [1.54, 1.807) is 18.6 Å². The van der Waals surface area contributed by atoms with E-state index in [9.17, 15) is 5.11 Å². The summed E-state index contributed by atoms with van der Waals surface area (Å²) in [5, 5.41) is 15.8. The molecule has 0 saturated carbocycles. The van der Waals surface area contributed by atoms with E-state index in [4.69, 9.17) is 4.52 Å². The minimum absolute atomic E-state index is 0.742. The molecule has 1 unspecified atom stereocenters. The number of fused-ring (bicyclic) bond motifs is 1. The van der Waals surface area contributed by atoms with Crippen molar-refractivity contribution in [3.05, 3.63) is 65.1 Å². The highest BCUT2D eigenvalue weighted by Gasteiger charge is 2.21. The van der Waals surface area contributed by atoms with Crippen LogP contribution in [-0.4, -0.2) is 25.2 Å². The summed E-state index contributed by atoms with van der Waals surface area (Å²) in [5.41, 5.74) is 5.86. The van der Waals surface area contributed by atoms with Crippen molar-refractivity contribution < 1.29 is 9.63 Å². The largest absolute Gasteiger partial charge is 0.384 e. The zero-order valence-electron chi connectivity index (χ0n) is 14.2. The summed E-state index contributed by atoms with van der Waals surface area (Å²) in [6.07, 6.45) is 4.39. The van der Waals surface area contributed by atoms with E-state index < -0.39 is 6.10 Å². The third-order valence-electron chi connectivity index (χ3n) is 4.48. The molecular formula is C19H18N4O2. The van der Waals surface area contributed by atoms with Gasteiger partial charge >= 0.3 is 0 Å². The van der Waals surface area contributed by atoms with Crippen molar-refractivity contribution in [3.63, 3.8) is 0 Å². The summed E-state index contributed by atoms with van der Waals surface area (Å²) in [6.45, 7) is 5.73. The molecule has 4 aromatic rings. The molecule has 0 aromatic carbocycles. The molecule has 0 aliphatic carbocycles. The standard InChI is InChI=1S/C19H18N4O2/c1-10-17(18(24)13-5-4-6-20-8-13)15-7-14(9-21-19(15)22-10)16-11(2)23-25-12(16)3/h4-9,18,24H,1-3H3,(H,21,22). The van der Waals surface area contributed by atoms with Crippen LogP contribution in [0.3, 0.4) is 0 Å². The Kier molecular flexibility index (Phi) is 3.62. The maximum atomic E-state index is 10.9. The van der Waals surface area contributed by atoms with Gasteiger partial charge in [0.25, 0.3) is 0 Å². The molecule has 126 valence electrons. The van der Waals surface area contributed by atoms with Gasteiger partial charge in [0.2, 0.25) is 0 Å². The predicted octanol–water partition coefficient (Wildman–Crippen LogP) is 3.62. The van der Waals surface area contributed by atoms with Gasteiger partial charge in [0.1, 0.15) is 17.5 Å². The van der Waals surface area contributed by atoms with Gasteiger partial charge in [-0.05, 0) is 32.9 Å². The molecule has 0 saturated heterocycles. The number of nitrogens with zero attached hydrogens (tertiary/aromatic N) is 3. The van der Waals surface area contributed by atoms with Crippen LogP contribution in [0, 0.1) is 20.8 Å². The Bertz CT molecular complexity index is 1030. The highest BCUT2D eigenvalue weighted by Crippen LogP contribution is 2.34. The third kappa shape index (κ3) is 2.51. The van der Waals surface area contributed by atoms with Crippen LogP contribution < -0.4 is 0 Å². The van der Waals surface area contributed by atoms with Crippen LogP contribution in [0.15, 0.2) is 41.3 Å². The number of H-pyrrole nitrogens is 1. The second-order valence-corrected chi connectivity index (χ2v) is 6.17. The highest BCUT2D eigenvalue weighted by molar-refractivity contribution is 5.87. The fourth-order valence-corrected chi connectivity index (χ4v) is 3.31. The summed E-state index contributed by atoms with van der Waals surface area (Å²) in [5.74, 6) is 0.750. The number of aromatic amines is 1. The molecule has 25 heavy (non-hydrogen) atoms. The van der Waals surface area contributed by atoms with Crippen LogP contribution in [0.4, 0.5) is 0 Å². The van der Waals surface area contributed by atoms with E-state index >= 15 is 0 Å². The van der Waals surface area contributed by atoms with Crippen molar-refractivity contribution in [2.24, 2.45) is 0 Å². The number of aromatic nitrogens is 4. The first-order valence-corrected chi connectivity index (χ1v) is 8.05. The summed E-state index contributed by atoms with van der Waals surface area (Å²) < 4.78 is 5.27. The number of pyridine rings is 2. The number of hydrogen-bond donors (Lipinski definition) is 2. The van der Waals surface area contributed by atoms with Gasteiger partial charge in [0.15, 0.2) is 0 Å². The summed E-state index contributed by atoms with van der Waals surface area (Å²) >= 11 is 0. The molecule has 4 aromatic heterocycles. The molecule has 4 rings (SSSR count). The van der Waals surface area contributed by atoms with Crippen LogP contribution >= 0.6 is 0 Å². The molecule has 0 aliphatic heterocycles. The lowest BCUT2D eigenvalue weighted by Crippen LogP contribution is -2.01. The quantitative estimate of drug-likeness (QED) is 0.597. The number of aliphatic hydroxyl groups excluding tert-OH is 1. The average Bonchev–Trinajstić information content (AvgIpc) is 3.12. The first-order valence-electron chi connectivity index (χ1n) is 8.05. The Balaban J connectivity index is 1.90. The summed E-state index contributed by atoms with van der Waals surface area (Å²) in [7, 11) is 0. The van der Waals surface area contributed by atoms with Gasteiger partial charge in [-0.3, -0.25) is 4.98 Å². The van der Waals surface area contributed by atoms with Crippen LogP contribution in [-0.2, 0) is 0 Å². The third-order valence-corrected chi connectivity index (χ3v) is 4.48. The van der Waals surface area contributed by atoms with Gasteiger partial charge < -0.3 is 14.6 Å². The molecule has 6 nitrogen and oxygen atoms in total. The lowest BCUT2D eigenvalue weighted by molar-refractivity contribution is 0.220. The summed E-state index contributed by atoms with van der Waals surface area (Å²) in [4.78, 5) is 11.9. The minimum atomic E-state index is -0.774. The Morgan fingerprint density at radius 3 is 2.72 bits per heavy atom. The van der Waals surface area contributed by atoms with Gasteiger partial charge in [-0.25, -0.2) is 4.98 Å². The zero-order chi connectivity index (χ0) is 17.6. The number of aryl methyl sites for hydroxylation is 3. The van der Waals surface area contributed by atoms with Crippen LogP contribution in [0.25, 0.3) is 22.2 Å². The smallest absolute Gasteiger partial charge is 0.141 e. The molecule has 0 fully saturated rings. The summed E-state index contributed by atoms with van der Waals surface area (Å²) in [6, 6.07) is 5.70. The fraction of sp³-hybridized carbons (Fsp3) is 0.211. The highest BCUT2D eigenvalue weighted by atomic mass is 16.5. The second kappa shape index (κ2) is 5.82. The molecule has 1 atom stereocenters. The number of rotatable bonds is 3. The Labute approximate surface area is 144 Å². The molecule has 0 radical (unpaired) electrons. The molecule has 2 N–H and O–H groups in total. The fourth-order valence-electron chi connectivity index (χ4n) is 3.31. The second-order valence-electron chi connectivity index (χ2n) is 6.17. The first kappa shape index (κ1) is 15.5. The molecule has 0 bridgehead atoms. The van der Waals surface area contributed by atoms with Gasteiger partial charge in [-0.2, -0.15) is 0 Å².